The number of rotatable bonds is 7. The summed E-state index contributed by atoms with van der Waals surface area (Å²) in [6.07, 6.45) is -4.34. The van der Waals surface area contributed by atoms with Crippen molar-refractivity contribution in [3.63, 3.8) is 0 Å². The van der Waals surface area contributed by atoms with Gasteiger partial charge in [-0.15, -0.1) is 0 Å². The minimum absolute atomic E-state index is 0.0112. The van der Waals surface area contributed by atoms with Gasteiger partial charge in [0.25, 0.3) is 0 Å². The van der Waals surface area contributed by atoms with Crippen molar-refractivity contribution < 1.29 is 40.0 Å². The molecule has 0 aromatic heterocycles. The highest BCUT2D eigenvalue weighted by atomic mass is 32.2. The van der Waals surface area contributed by atoms with Crippen molar-refractivity contribution in [2.75, 3.05) is 0 Å². The van der Waals surface area contributed by atoms with Crippen molar-refractivity contribution in [1.82, 2.24) is 5.32 Å². The van der Waals surface area contributed by atoms with Crippen molar-refractivity contribution in [3.8, 4) is 0 Å². The molecular formula is C29H32F5NO4S. The Hall–Kier alpha value is -2.82. The molecular weight excluding hydrogens is 553 g/mol. The van der Waals surface area contributed by atoms with Gasteiger partial charge in [-0.2, -0.15) is 13.2 Å². The highest BCUT2D eigenvalue weighted by molar-refractivity contribution is 7.92. The lowest BCUT2D eigenvalue weighted by Gasteiger charge is -2.43. The lowest BCUT2D eigenvalue weighted by Crippen LogP contribution is -2.50. The first-order chi connectivity index (χ1) is 18.3. The van der Waals surface area contributed by atoms with Gasteiger partial charge in [-0.25, -0.2) is 17.2 Å². The predicted molar refractivity (Wildman–Crippen MR) is 138 cm³/mol. The minimum Gasteiger partial charge on any atom is -0.344 e. The van der Waals surface area contributed by atoms with E-state index < -0.39 is 55.2 Å². The van der Waals surface area contributed by atoms with Crippen molar-refractivity contribution in [2.24, 2.45) is 11.8 Å². The number of carbonyl (C=O) groups excluding carboxylic acids is 2. The maximum Gasteiger partial charge on any atom is 0.426 e. The third kappa shape index (κ3) is 4.84. The standard InChI is InChI=1S/C29H32F5NO4S/c1-17(36)35-26(2,3)25(37)16-19-13-14-28(40(38,39)22-9-7-21(30)8-10-22)23(19)11-5-18-15-20(6-12-24(18)28)27(4,31)29(32,33)34/h6-10,12,15,19,23H,5,11,13-14,16H2,1-4H3,(H,35,36)/t19-,23-,27?,28-/m0/s1. The third-order valence-electron chi connectivity index (χ3n) is 8.65. The molecule has 1 fully saturated rings. The van der Waals surface area contributed by atoms with Crippen LogP contribution < -0.4 is 5.32 Å². The smallest absolute Gasteiger partial charge is 0.344 e. The fraction of sp³-hybridized carbons (Fsp3) is 0.517. The molecule has 0 bridgehead atoms. The number of benzene rings is 2. The van der Waals surface area contributed by atoms with Crippen LogP contribution in [0.2, 0.25) is 0 Å². The number of hydrogen-bond donors (Lipinski definition) is 1. The van der Waals surface area contributed by atoms with Crippen LogP contribution >= 0.6 is 0 Å². The third-order valence-corrected chi connectivity index (χ3v) is 11.2. The summed E-state index contributed by atoms with van der Waals surface area (Å²) in [6, 6.07) is 7.70. The Balaban J connectivity index is 1.84. The van der Waals surface area contributed by atoms with E-state index in [4.69, 9.17) is 0 Å². The van der Waals surface area contributed by atoms with E-state index in [1.165, 1.54) is 13.0 Å². The van der Waals surface area contributed by atoms with Crippen LogP contribution in [0.25, 0.3) is 0 Å². The van der Waals surface area contributed by atoms with Crippen molar-refractivity contribution in [2.45, 2.75) is 86.8 Å². The second-order valence-electron chi connectivity index (χ2n) is 11.6. The highest BCUT2D eigenvalue weighted by Crippen LogP contribution is 2.60. The lowest BCUT2D eigenvalue weighted by molar-refractivity contribution is -0.228. The Kier molecular flexibility index (Phi) is 7.48. The summed E-state index contributed by atoms with van der Waals surface area (Å²) in [5.74, 6) is -2.28. The number of sulfone groups is 1. The Bertz CT molecular complexity index is 1430. The van der Waals surface area contributed by atoms with Gasteiger partial charge in [0.2, 0.25) is 11.6 Å². The van der Waals surface area contributed by atoms with E-state index >= 15 is 0 Å². The second-order valence-corrected chi connectivity index (χ2v) is 13.8. The number of aryl methyl sites for hydroxylation is 1. The Morgan fingerprint density at radius 1 is 1.00 bits per heavy atom. The Labute approximate surface area is 230 Å². The number of ketones is 1. The molecule has 1 unspecified atom stereocenters. The van der Waals surface area contributed by atoms with Crippen LogP contribution in [-0.4, -0.2) is 31.8 Å². The largest absolute Gasteiger partial charge is 0.426 e. The topological polar surface area (TPSA) is 80.3 Å². The van der Waals surface area contributed by atoms with Gasteiger partial charge in [0, 0.05) is 13.3 Å². The van der Waals surface area contributed by atoms with Crippen LogP contribution in [0, 0.1) is 17.7 Å². The molecule has 11 heteroatoms. The normalized spacial score (nSPS) is 24.5. The van der Waals surface area contributed by atoms with Gasteiger partial charge in [0.05, 0.1) is 10.4 Å². The number of Topliss-reactive ketones (excluding diaryl/α,β-unsaturated/α-hetero) is 1. The molecule has 0 heterocycles. The maximum absolute atomic E-state index is 14.9. The van der Waals surface area contributed by atoms with E-state index in [1.807, 2.05) is 0 Å². The van der Waals surface area contributed by atoms with Crippen LogP contribution in [-0.2, 0) is 36.3 Å². The summed E-state index contributed by atoms with van der Waals surface area (Å²) in [7, 11) is -4.25. The van der Waals surface area contributed by atoms with Crippen molar-refractivity contribution >= 4 is 21.5 Å². The quantitative estimate of drug-likeness (QED) is 0.315. The number of fused-ring (bicyclic) bond motifs is 3. The summed E-state index contributed by atoms with van der Waals surface area (Å²) in [5, 5.41) is 2.61. The van der Waals surface area contributed by atoms with Crippen LogP contribution in [0.1, 0.15) is 70.1 Å². The first-order valence-corrected chi connectivity index (χ1v) is 14.5. The molecule has 0 radical (unpaired) electrons. The van der Waals surface area contributed by atoms with Crippen LogP contribution in [0.5, 0.6) is 0 Å². The van der Waals surface area contributed by atoms with Crippen molar-refractivity contribution in [1.29, 1.82) is 0 Å². The molecule has 0 aliphatic heterocycles. The molecule has 1 N–H and O–H groups in total. The summed E-state index contributed by atoms with van der Waals surface area (Å²) < 4.78 is 96.1. The molecule has 1 saturated carbocycles. The summed E-state index contributed by atoms with van der Waals surface area (Å²) in [5.41, 5.74) is -4.85. The first kappa shape index (κ1) is 30.1. The summed E-state index contributed by atoms with van der Waals surface area (Å²) in [4.78, 5) is 24.7. The molecule has 0 saturated heterocycles. The maximum atomic E-state index is 14.9. The number of amides is 1. The molecule has 1 amide bonds. The van der Waals surface area contributed by atoms with Crippen LogP contribution in [0.4, 0.5) is 22.0 Å². The second kappa shape index (κ2) is 9.92. The predicted octanol–water partition coefficient (Wildman–Crippen LogP) is 6.09. The molecule has 2 aliphatic carbocycles. The molecule has 0 spiro atoms. The molecule has 218 valence electrons. The fourth-order valence-corrected chi connectivity index (χ4v) is 9.00. The molecule has 40 heavy (non-hydrogen) atoms. The molecule has 2 aliphatic rings. The van der Waals surface area contributed by atoms with Gasteiger partial charge < -0.3 is 5.32 Å². The monoisotopic (exact) mass is 585 g/mol. The van der Waals surface area contributed by atoms with Crippen molar-refractivity contribution in [3.05, 3.63) is 65.0 Å². The molecule has 2 aromatic carbocycles. The van der Waals surface area contributed by atoms with Gasteiger partial charge in [0.15, 0.2) is 15.6 Å². The average molecular weight is 586 g/mol. The van der Waals surface area contributed by atoms with Crippen LogP contribution in [0.3, 0.4) is 0 Å². The van der Waals surface area contributed by atoms with Gasteiger partial charge >= 0.3 is 6.18 Å². The minimum atomic E-state index is -5.17. The van der Waals surface area contributed by atoms with E-state index in [2.05, 4.69) is 5.32 Å². The summed E-state index contributed by atoms with van der Waals surface area (Å²) >= 11 is 0. The number of alkyl halides is 4. The van der Waals surface area contributed by atoms with Crippen LogP contribution in [0.15, 0.2) is 47.4 Å². The number of nitrogens with one attached hydrogen (secondary N) is 1. The highest BCUT2D eigenvalue weighted by Gasteiger charge is 2.61. The van der Waals surface area contributed by atoms with Gasteiger partial charge in [-0.05, 0) is 99.2 Å². The van der Waals surface area contributed by atoms with Gasteiger partial charge in [-0.1, -0.05) is 18.2 Å². The van der Waals surface area contributed by atoms with Gasteiger partial charge in [0.1, 0.15) is 10.6 Å². The number of hydrogen-bond acceptors (Lipinski definition) is 4. The molecule has 4 rings (SSSR count). The SMILES string of the molecule is CC(=O)NC(C)(C)C(=O)C[C@@H]1CC[C@@]2(S(=O)(=O)c3ccc(F)cc3)c3ccc(C(C)(F)C(F)(F)F)cc3CC[C@@H]12. The zero-order valence-corrected chi connectivity index (χ0v) is 23.5. The molecule has 5 nitrogen and oxygen atoms in total. The lowest BCUT2D eigenvalue weighted by atomic mass is 9.71. The van der Waals surface area contributed by atoms with E-state index in [9.17, 15) is 40.0 Å². The number of carbonyl (C=O) groups is 2. The zero-order valence-electron chi connectivity index (χ0n) is 22.7. The zero-order chi connectivity index (χ0) is 29.9. The number of halogens is 5. The fourth-order valence-electron chi connectivity index (χ4n) is 6.50. The summed E-state index contributed by atoms with van der Waals surface area (Å²) in [6.45, 7) is 4.86. The average Bonchev–Trinajstić information content (AvgIpc) is 3.22. The van der Waals surface area contributed by atoms with E-state index in [0.717, 1.165) is 36.4 Å². The van der Waals surface area contributed by atoms with E-state index in [0.29, 0.717) is 18.9 Å². The Morgan fingerprint density at radius 2 is 1.62 bits per heavy atom. The Morgan fingerprint density at radius 3 is 2.20 bits per heavy atom. The van der Waals surface area contributed by atoms with Gasteiger partial charge in [-0.3, -0.25) is 9.59 Å². The molecule has 4 atom stereocenters. The first-order valence-electron chi connectivity index (χ1n) is 13.1. The van der Waals surface area contributed by atoms with E-state index in [-0.39, 0.29) is 47.8 Å². The molecule has 2 aromatic rings. The van der Waals surface area contributed by atoms with E-state index in [1.54, 1.807) is 13.8 Å².